The molecule has 4 aromatic carbocycles. The van der Waals surface area contributed by atoms with Crippen LogP contribution < -0.4 is 14.5 Å². The highest BCUT2D eigenvalue weighted by Gasteiger charge is 2.43. The second-order valence-corrected chi connectivity index (χ2v) is 13.1. The molecule has 0 amide bonds. The zero-order valence-electron chi connectivity index (χ0n) is 28.7. The van der Waals surface area contributed by atoms with E-state index in [0.29, 0.717) is 0 Å². The summed E-state index contributed by atoms with van der Waals surface area (Å²) in [5.41, 5.74) is 9.41. The molecule has 0 N–H and O–H groups in total. The first-order chi connectivity index (χ1) is 24.1. The Morgan fingerprint density at radius 2 is 0.878 bits per heavy atom. The number of ether oxygens (including phenoxy) is 1. The molecule has 244 valence electrons. The number of nitrogens with zero attached hydrogens (tertiary/aromatic N) is 4. The maximum absolute atomic E-state index is 6.67. The van der Waals surface area contributed by atoms with Crippen molar-refractivity contribution in [2.45, 2.75) is 64.2 Å². The van der Waals surface area contributed by atoms with Gasteiger partial charge < -0.3 is 4.74 Å². The highest BCUT2D eigenvalue weighted by molar-refractivity contribution is 5.86. The minimum Gasteiger partial charge on any atom is -0.457 e. The average molecular weight is 643 g/mol. The van der Waals surface area contributed by atoms with Gasteiger partial charge in [-0.15, -0.1) is 0 Å². The summed E-state index contributed by atoms with van der Waals surface area (Å²) >= 11 is 0. The van der Waals surface area contributed by atoms with Gasteiger partial charge in [0.25, 0.3) is 0 Å². The molecule has 5 nitrogen and oxygen atoms in total. The largest absolute Gasteiger partial charge is 0.457 e. The van der Waals surface area contributed by atoms with Gasteiger partial charge in [0.1, 0.15) is 23.1 Å². The van der Waals surface area contributed by atoms with Crippen molar-refractivity contribution in [3.05, 3.63) is 156 Å². The summed E-state index contributed by atoms with van der Waals surface area (Å²) < 4.78 is 6.67. The molecular weight excluding hydrogens is 601 g/mol. The maximum Gasteiger partial charge on any atom is 0.141 e. The summed E-state index contributed by atoms with van der Waals surface area (Å²) in [6.07, 6.45) is 7.83. The van der Waals surface area contributed by atoms with Crippen molar-refractivity contribution in [2.75, 3.05) is 9.80 Å². The maximum atomic E-state index is 6.67. The van der Waals surface area contributed by atoms with Crippen molar-refractivity contribution < 1.29 is 4.74 Å². The molecule has 0 saturated carbocycles. The summed E-state index contributed by atoms with van der Waals surface area (Å²) in [7, 11) is 0. The number of pyridine rings is 2. The van der Waals surface area contributed by atoms with Gasteiger partial charge >= 0.3 is 0 Å². The summed E-state index contributed by atoms with van der Waals surface area (Å²) in [5, 5.41) is 0. The third kappa shape index (κ3) is 4.67. The normalized spacial score (nSPS) is 15.1. The molecular formula is C44H42N4O. The highest BCUT2D eigenvalue weighted by atomic mass is 16.5. The molecule has 4 heterocycles. The number of fused-ring (bicyclic) bond motifs is 4. The molecule has 0 fully saturated rings. The van der Waals surface area contributed by atoms with Crippen molar-refractivity contribution in [1.29, 1.82) is 0 Å². The fourth-order valence-electron chi connectivity index (χ4n) is 8.62. The zero-order chi connectivity index (χ0) is 33.6. The van der Waals surface area contributed by atoms with E-state index in [9.17, 15) is 0 Å². The Morgan fingerprint density at radius 1 is 0.469 bits per heavy atom. The van der Waals surface area contributed by atoms with Crippen molar-refractivity contribution in [3.8, 4) is 11.5 Å². The molecule has 6 aromatic rings. The lowest BCUT2D eigenvalue weighted by Gasteiger charge is -2.44. The number of rotatable bonds is 8. The highest BCUT2D eigenvalue weighted by Crippen LogP contribution is 2.55. The van der Waals surface area contributed by atoms with Crippen LogP contribution in [0, 0.1) is 0 Å². The lowest BCUT2D eigenvalue weighted by Crippen LogP contribution is -2.35. The van der Waals surface area contributed by atoms with Crippen LogP contribution >= 0.6 is 0 Å². The molecule has 49 heavy (non-hydrogen) atoms. The van der Waals surface area contributed by atoms with Crippen LogP contribution in [-0.2, 0) is 10.8 Å². The quantitative estimate of drug-likeness (QED) is 0.165. The van der Waals surface area contributed by atoms with Gasteiger partial charge in [-0.05, 0) is 85.3 Å². The van der Waals surface area contributed by atoms with Crippen LogP contribution in [-0.4, -0.2) is 9.97 Å². The van der Waals surface area contributed by atoms with E-state index >= 15 is 0 Å². The fourth-order valence-corrected chi connectivity index (χ4v) is 8.62. The third-order valence-electron chi connectivity index (χ3n) is 11.2. The summed E-state index contributed by atoms with van der Waals surface area (Å²) in [5.74, 6) is 3.49. The first-order valence-electron chi connectivity index (χ1n) is 17.7. The van der Waals surface area contributed by atoms with Gasteiger partial charge in [0.2, 0.25) is 0 Å². The second kappa shape index (κ2) is 12.2. The number of aromatic nitrogens is 2. The molecule has 0 unspecified atom stereocenters. The van der Waals surface area contributed by atoms with Gasteiger partial charge in [0.05, 0.1) is 22.7 Å². The van der Waals surface area contributed by atoms with E-state index in [1.807, 2.05) is 24.5 Å². The molecule has 8 rings (SSSR count). The van der Waals surface area contributed by atoms with Crippen molar-refractivity contribution in [1.82, 2.24) is 9.97 Å². The number of anilines is 6. The minimum atomic E-state index is -0.0836. The molecule has 2 aliphatic heterocycles. The van der Waals surface area contributed by atoms with Gasteiger partial charge in [-0.25, -0.2) is 9.97 Å². The Labute approximate surface area is 289 Å². The number of benzene rings is 4. The first-order valence-corrected chi connectivity index (χ1v) is 17.7. The van der Waals surface area contributed by atoms with E-state index in [1.54, 1.807) is 0 Å². The third-order valence-corrected chi connectivity index (χ3v) is 11.2. The molecule has 0 aliphatic carbocycles. The van der Waals surface area contributed by atoms with Crippen LogP contribution in [0.5, 0.6) is 11.5 Å². The number of para-hydroxylation sites is 2. The Bertz CT molecular complexity index is 1900. The lowest BCUT2D eigenvalue weighted by molar-refractivity contribution is 0.471. The van der Waals surface area contributed by atoms with Crippen LogP contribution in [0.25, 0.3) is 0 Å². The van der Waals surface area contributed by atoms with Gasteiger partial charge in [-0.1, -0.05) is 88.4 Å². The Hall–Kier alpha value is -5.42. The van der Waals surface area contributed by atoms with Crippen molar-refractivity contribution in [3.63, 3.8) is 0 Å². The smallest absolute Gasteiger partial charge is 0.141 e. The molecule has 0 bridgehead atoms. The van der Waals surface area contributed by atoms with E-state index in [2.05, 4.69) is 147 Å². The van der Waals surface area contributed by atoms with Crippen LogP contribution in [0.15, 0.2) is 134 Å². The number of hydrogen-bond donors (Lipinski definition) is 0. The summed E-state index contributed by atoms with van der Waals surface area (Å²) in [4.78, 5) is 14.5. The predicted octanol–water partition coefficient (Wildman–Crippen LogP) is 12.0. The molecule has 5 heteroatoms. The van der Waals surface area contributed by atoms with Crippen LogP contribution in [0.4, 0.5) is 34.4 Å². The van der Waals surface area contributed by atoms with Crippen LogP contribution in [0.2, 0.25) is 0 Å². The first kappa shape index (κ1) is 30.9. The average Bonchev–Trinajstić information content (AvgIpc) is 3.16. The van der Waals surface area contributed by atoms with Gasteiger partial charge in [-0.3, -0.25) is 9.80 Å². The van der Waals surface area contributed by atoms with Crippen LogP contribution in [0.1, 0.15) is 75.6 Å². The molecule has 2 aromatic heterocycles. The molecule has 0 atom stereocenters. The van der Waals surface area contributed by atoms with E-state index < -0.39 is 0 Å². The molecule has 0 radical (unpaired) electrons. The standard InChI is InChI=1S/C44H42N4O/c1-5-43(6-2)35-21-9-11-25-39(35)47(41-37(43)23-15-27-45-41)31-17-13-19-33(29-31)49-34-20-14-18-32(30-34)48-40-26-12-10-22-36(40)44(7-3,8-4)38-24-16-28-46-42(38)48/h9-30H,5-8H2,1-4H3. The summed E-state index contributed by atoms with van der Waals surface area (Å²) in [6, 6.07) is 42.9. The summed E-state index contributed by atoms with van der Waals surface area (Å²) in [6.45, 7) is 9.15. The Kier molecular flexibility index (Phi) is 7.71. The topological polar surface area (TPSA) is 41.5 Å². The van der Waals surface area contributed by atoms with E-state index in [0.717, 1.165) is 60.2 Å². The predicted molar refractivity (Wildman–Crippen MR) is 201 cm³/mol. The van der Waals surface area contributed by atoms with Gasteiger partial charge in [-0.2, -0.15) is 0 Å². The minimum absolute atomic E-state index is 0.0836. The second-order valence-electron chi connectivity index (χ2n) is 13.1. The van der Waals surface area contributed by atoms with Crippen LogP contribution in [0.3, 0.4) is 0 Å². The fraction of sp³-hybridized carbons (Fsp3) is 0.227. The SMILES string of the molecule is CCC1(CC)c2ccccc2N(c2cccc(Oc3cccc(N4c5ccccc5C(CC)(CC)c5cccnc54)c3)c2)c2ncccc21. The monoisotopic (exact) mass is 642 g/mol. The lowest BCUT2D eigenvalue weighted by atomic mass is 9.68. The van der Waals surface area contributed by atoms with Gasteiger partial charge in [0, 0.05) is 46.5 Å². The van der Waals surface area contributed by atoms with E-state index in [4.69, 9.17) is 14.7 Å². The number of hydrogen-bond acceptors (Lipinski definition) is 5. The Balaban J connectivity index is 1.18. The Morgan fingerprint density at radius 3 is 1.31 bits per heavy atom. The van der Waals surface area contributed by atoms with Gasteiger partial charge in [0.15, 0.2) is 0 Å². The molecule has 0 saturated heterocycles. The van der Waals surface area contributed by atoms with Crippen molar-refractivity contribution >= 4 is 34.4 Å². The molecule has 0 spiro atoms. The van der Waals surface area contributed by atoms with E-state index in [1.165, 1.54) is 33.6 Å². The zero-order valence-corrected chi connectivity index (χ0v) is 28.7. The van der Waals surface area contributed by atoms with E-state index in [-0.39, 0.29) is 10.8 Å². The molecule has 2 aliphatic rings. The van der Waals surface area contributed by atoms with Crippen molar-refractivity contribution in [2.24, 2.45) is 0 Å².